The van der Waals surface area contributed by atoms with E-state index >= 15 is 0 Å². The lowest BCUT2D eigenvalue weighted by molar-refractivity contribution is 0.599. The standard InChI is InChI=1S/C21H20N6/c1-27-21-16(13-23-27)19(25-20(26-21)18-10-4-5-12-22-18)24-17-11-6-8-14-7-2-3-9-15(14)17/h2-5,7,9-10,12-13,17H,6,8,11H2,1H3,(H,24,25,26)/t17-/m1/s1. The van der Waals surface area contributed by atoms with Gasteiger partial charge in [-0.1, -0.05) is 30.3 Å². The van der Waals surface area contributed by atoms with Gasteiger partial charge in [-0.15, -0.1) is 0 Å². The fourth-order valence-corrected chi connectivity index (χ4v) is 3.81. The second kappa shape index (κ2) is 6.46. The van der Waals surface area contributed by atoms with Crippen molar-refractivity contribution < 1.29 is 0 Å². The van der Waals surface area contributed by atoms with Crippen molar-refractivity contribution in [3.05, 3.63) is 66.0 Å². The third kappa shape index (κ3) is 2.83. The molecular formula is C21H20N6. The van der Waals surface area contributed by atoms with Gasteiger partial charge >= 0.3 is 0 Å². The van der Waals surface area contributed by atoms with Gasteiger partial charge in [-0.25, -0.2) is 9.97 Å². The molecule has 0 saturated carbocycles. The van der Waals surface area contributed by atoms with E-state index in [1.807, 2.05) is 31.4 Å². The van der Waals surface area contributed by atoms with Gasteiger partial charge in [-0.2, -0.15) is 5.10 Å². The van der Waals surface area contributed by atoms with Crippen molar-refractivity contribution in [2.24, 2.45) is 7.05 Å². The molecule has 4 aromatic rings. The first-order valence-electron chi connectivity index (χ1n) is 9.25. The summed E-state index contributed by atoms with van der Waals surface area (Å²) in [6.07, 6.45) is 6.98. The van der Waals surface area contributed by atoms with Crippen LogP contribution in [0.25, 0.3) is 22.6 Å². The van der Waals surface area contributed by atoms with E-state index in [2.05, 4.69) is 44.6 Å². The van der Waals surface area contributed by atoms with E-state index in [1.165, 1.54) is 17.5 Å². The minimum atomic E-state index is 0.241. The van der Waals surface area contributed by atoms with Crippen LogP contribution in [-0.4, -0.2) is 24.7 Å². The minimum absolute atomic E-state index is 0.241. The summed E-state index contributed by atoms with van der Waals surface area (Å²) in [5, 5.41) is 8.98. The Balaban J connectivity index is 1.61. The molecule has 0 spiro atoms. The summed E-state index contributed by atoms with van der Waals surface area (Å²) >= 11 is 0. The highest BCUT2D eigenvalue weighted by Gasteiger charge is 2.22. The van der Waals surface area contributed by atoms with Crippen molar-refractivity contribution >= 4 is 16.9 Å². The van der Waals surface area contributed by atoms with Gasteiger partial charge in [0.25, 0.3) is 0 Å². The van der Waals surface area contributed by atoms with Crippen LogP contribution >= 0.6 is 0 Å². The highest BCUT2D eigenvalue weighted by molar-refractivity contribution is 5.88. The van der Waals surface area contributed by atoms with Crippen LogP contribution in [0.5, 0.6) is 0 Å². The maximum atomic E-state index is 4.81. The number of hydrogen-bond donors (Lipinski definition) is 1. The van der Waals surface area contributed by atoms with E-state index < -0.39 is 0 Å². The third-order valence-electron chi connectivity index (χ3n) is 5.17. The number of anilines is 1. The number of fused-ring (bicyclic) bond motifs is 2. The summed E-state index contributed by atoms with van der Waals surface area (Å²) in [5.41, 5.74) is 4.34. The Labute approximate surface area is 157 Å². The Morgan fingerprint density at radius 3 is 2.85 bits per heavy atom. The second-order valence-electron chi connectivity index (χ2n) is 6.90. The fourth-order valence-electron chi connectivity index (χ4n) is 3.81. The van der Waals surface area contributed by atoms with Gasteiger partial charge < -0.3 is 5.32 Å². The second-order valence-corrected chi connectivity index (χ2v) is 6.90. The Morgan fingerprint density at radius 2 is 1.96 bits per heavy atom. The van der Waals surface area contributed by atoms with Crippen LogP contribution in [0.15, 0.2) is 54.9 Å². The van der Waals surface area contributed by atoms with Gasteiger partial charge in [0.05, 0.1) is 17.6 Å². The van der Waals surface area contributed by atoms with Crippen molar-refractivity contribution in [3.63, 3.8) is 0 Å². The lowest BCUT2D eigenvalue weighted by Crippen LogP contribution is -2.18. The Bertz CT molecular complexity index is 1100. The number of benzene rings is 1. The largest absolute Gasteiger partial charge is 0.363 e. The topological polar surface area (TPSA) is 68.5 Å². The van der Waals surface area contributed by atoms with Crippen LogP contribution in [-0.2, 0) is 13.5 Å². The molecule has 0 amide bonds. The maximum Gasteiger partial charge on any atom is 0.182 e. The first-order chi connectivity index (χ1) is 13.3. The van der Waals surface area contributed by atoms with Gasteiger partial charge in [-0.3, -0.25) is 9.67 Å². The molecule has 3 aromatic heterocycles. The molecule has 0 unspecified atom stereocenters. The van der Waals surface area contributed by atoms with E-state index in [0.29, 0.717) is 5.82 Å². The molecule has 27 heavy (non-hydrogen) atoms. The van der Waals surface area contributed by atoms with Crippen LogP contribution in [0.4, 0.5) is 5.82 Å². The first-order valence-corrected chi connectivity index (χ1v) is 9.25. The number of aryl methyl sites for hydroxylation is 2. The first kappa shape index (κ1) is 15.9. The number of nitrogens with zero attached hydrogens (tertiary/aromatic N) is 5. The van der Waals surface area contributed by atoms with Gasteiger partial charge in [0.1, 0.15) is 11.5 Å². The molecule has 1 N–H and O–H groups in total. The molecule has 0 fully saturated rings. The predicted molar refractivity (Wildman–Crippen MR) is 105 cm³/mol. The van der Waals surface area contributed by atoms with Crippen LogP contribution in [0.1, 0.15) is 30.0 Å². The van der Waals surface area contributed by atoms with Gasteiger partial charge in [0.15, 0.2) is 11.5 Å². The van der Waals surface area contributed by atoms with Crippen molar-refractivity contribution in [1.29, 1.82) is 0 Å². The van der Waals surface area contributed by atoms with Crippen LogP contribution in [0.2, 0.25) is 0 Å². The summed E-state index contributed by atoms with van der Waals surface area (Å²) in [4.78, 5) is 13.9. The monoisotopic (exact) mass is 356 g/mol. The number of rotatable bonds is 3. The lowest BCUT2D eigenvalue weighted by Gasteiger charge is -2.27. The van der Waals surface area contributed by atoms with E-state index in [9.17, 15) is 0 Å². The average Bonchev–Trinajstić information content (AvgIpc) is 3.10. The molecule has 5 rings (SSSR count). The van der Waals surface area contributed by atoms with E-state index in [-0.39, 0.29) is 6.04 Å². The number of hydrogen-bond acceptors (Lipinski definition) is 5. The average molecular weight is 356 g/mol. The Morgan fingerprint density at radius 1 is 1.07 bits per heavy atom. The van der Waals surface area contributed by atoms with E-state index in [1.54, 1.807) is 10.9 Å². The normalized spacial score (nSPS) is 16.3. The van der Waals surface area contributed by atoms with Crippen LogP contribution < -0.4 is 5.32 Å². The number of pyridine rings is 1. The molecule has 1 aliphatic carbocycles. The third-order valence-corrected chi connectivity index (χ3v) is 5.17. The summed E-state index contributed by atoms with van der Waals surface area (Å²) in [5.74, 6) is 1.42. The predicted octanol–water partition coefficient (Wildman–Crippen LogP) is 3.91. The smallest absolute Gasteiger partial charge is 0.182 e. The molecular weight excluding hydrogens is 336 g/mol. The quantitative estimate of drug-likeness (QED) is 0.603. The van der Waals surface area contributed by atoms with Crippen molar-refractivity contribution in [1.82, 2.24) is 24.7 Å². The number of nitrogens with one attached hydrogen (secondary N) is 1. The fraction of sp³-hybridized carbons (Fsp3) is 0.238. The molecule has 0 bridgehead atoms. The zero-order chi connectivity index (χ0) is 18.2. The Hall–Kier alpha value is -3.28. The van der Waals surface area contributed by atoms with Crippen LogP contribution in [0, 0.1) is 0 Å². The minimum Gasteiger partial charge on any atom is -0.363 e. The van der Waals surface area contributed by atoms with Crippen molar-refractivity contribution in [3.8, 4) is 11.5 Å². The molecule has 1 aromatic carbocycles. The molecule has 6 heteroatoms. The summed E-state index contributed by atoms with van der Waals surface area (Å²) in [6, 6.07) is 14.7. The van der Waals surface area contributed by atoms with Crippen LogP contribution in [0.3, 0.4) is 0 Å². The maximum absolute atomic E-state index is 4.81. The highest BCUT2D eigenvalue weighted by atomic mass is 15.3. The van der Waals surface area contributed by atoms with Gasteiger partial charge in [-0.05, 0) is 42.5 Å². The summed E-state index contributed by atoms with van der Waals surface area (Å²) in [6.45, 7) is 0. The summed E-state index contributed by atoms with van der Waals surface area (Å²) in [7, 11) is 1.90. The SMILES string of the molecule is Cn1ncc2c(N[C@@H]3CCCc4ccccc43)nc(-c3ccccn3)nc21. The molecule has 0 radical (unpaired) electrons. The molecule has 1 aliphatic rings. The van der Waals surface area contributed by atoms with E-state index in [0.717, 1.165) is 35.4 Å². The van der Waals surface area contributed by atoms with Gasteiger partial charge in [0, 0.05) is 13.2 Å². The highest BCUT2D eigenvalue weighted by Crippen LogP contribution is 2.34. The zero-order valence-electron chi connectivity index (χ0n) is 15.1. The van der Waals surface area contributed by atoms with Gasteiger partial charge in [0.2, 0.25) is 0 Å². The molecule has 1 atom stereocenters. The zero-order valence-corrected chi connectivity index (χ0v) is 15.1. The Kier molecular flexibility index (Phi) is 3.81. The number of aromatic nitrogens is 5. The molecule has 3 heterocycles. The van der Waals surface area contributed by atoms with E-state index in [4.69, 9.17) is 4.98 Å². The molecule has 6 nitrogen and oxygen atoms in total. The molecule has 0 saturated heterocycles. The summed E-state index contributed by atoms with van der Waals surface area (Å²) < 4.78 is 1.78. The molecule has 0 aliphatic heterocycles. The molecule has 134 valence electrons. The van der Waals surface area contributed by atoms with Crippen molar-refractivity contribution in [2.75, 3.05) is 5.32 Å². The lowest BCUT2D eigenvalue weighted by atomic mass is 9.88. The van der Waals surface area contributed by atoms with Crippen molar-refractivity contribution in [2.45, 2.75) is 25.3 Å².